The van der Waals surface area contributed by atoms with E-state index >= 15 is 0 Å². The summed E-state index contributed by atoms with van der Waals surface area (Å²) in [7, 11) is 1.60. The lowest BCUT2D eigenvalue weighted by atomic mass is 10.1. The summed E-state index contributed by atoms with van der Waals surface area (Å²) >= 11 is 0. The van der Waals surface area contributed by atoms with E-state index in [-0.39, 0.29) is 11.6 Å². The minimum atomic E-state index is -0.284. The Balaban J connectivity index is 1.48. The van der Waals surface area contributed by atoms with Gasteiger partial charge >= 0.3 is 0 Å². The Morgan fingerprint density at radius 2 is 2.08 bits per heavy atom. The number of ether oxygens (including phenoxy) is 1. The van der Waals surface area contributed by atoms with E-state index in [1.165, 1.54) is 0 Å². The quantitative estimate of drug-likeness (QED) is 0.576. The maximum absolute atomic E-state index is 12.4. The fourth-order valence-electron chi connectivity index (χ4n) is 2.84. The number of carbonyl (C=O) groups excluding carboxylic acids is 1. The highest BCUT2D eigenvalue weighted by Crippen LogP contribution is 2.24. The molecule has 0 bridgehead atoms. The van der Waals surface area contributed by atoms with E-state index in [1.54, 1.807) is 13.2 Å². The van der Waals surface area contributed by atoms with Gasteiger partial charge in [-0.15, -0.1) is 0 Å². The Morgan fingerprint density at radius 1 is 1.19 bits per heavy atom. The average Bonchev–Trinajstić information content (AvgIpc) is 3.34. The van der Waals surface area contributed by atoms with Crippen molar-refractivity contribution in [1.29, 1.82) is 0 Å². The molecule has 130 valence electrons. The van der Waals surface area contributed by atoms with E-state index in [9.17, 15) is 4.79 Å². The van der Waals surface area contributed by atoms with Crippen LogP contribution in [0.4, 0.5) is 0 Å². The van der Waals surface area contributed by atoms with Gasteiger partial charge in [0.1, 0.15) is 5.75 Å². The second-order valence-electron chi connectivity index (χ2n) is 5.85. The zero-order chi connectivity index (χ0) is 17.9. The second kappa shape index (κ2) is 6.76. The minimum absolute atomic E-state index is 0.239. The highest BCUT2D eigenvalue weighted by atomic mass is 16.5. The molecule has 2 aromatic heterocycles. The Hall–Kier alpha value is -3.54. The molecule has 6 heteroatoms. The lowest BCUT2D eigenvalue weighted by Gasteiger charge is -2.01. The van der Waals surface area contributed by atoms with Crippen LogP contribution >= 0.6 is 0 Å². The zero-order valence-corrected chi connectivity index (χ0v) is 14.2. The number of nitrogens with one attached hydrogen (secondary N) is 2. The first-order valence-corrected chi connectivity index (χ1v) is 8.19. The fraction of sp³-hybridized carbons (Fsp3) is 0.100. The number of aromatic nitrogens is 2. The van der Waals surface area contributed by atoms with E-state index in [1.807, 2.05) is 54.7 Å². The van der Waals surface area contributed by atoms with Gasteiger partial charge in [0.05, 0.1) is 7.11 Å². The van der Waals surface area contributed by atoms with Gasteiger partial charge in [-0.2, -0.15) is 0 Å². The van der Waals surface area contributed by atoms with Crippen LogP contribution in [0.3, 0.4) is 0 Å². The molecule has 2 heterocycles. The van der Waals surface area contributed by atoms with Gasteiger partial charge in [0.15, 0.2) is 11.5 Å². The summed E-state index contributed by atoms with van der Waals surface area (Å²) in [4.78, 5) is 15.6. The molecule has 4 rings (SSSR count). The molecule has 1 amide bonds. The predicted octanol–water partition coefficient (Wildman–Crippen LogP) is 3.76. The van der Waals surface area contributed by atoms with Crippen molar-refractivity contribution in [2.45, 2.75) is 6.54 Å². The third kappa shape index (κ3) is 3.04. The molecule has 0 fully saturated rings. The van der Waals surface area contributed by atoms with Gasteiger partial charge in [0, 0.05) is 35.3 Å². The van der Waals surface area contributed by atoms with Gasteiger partial charge in [-0.1, -0.05) is 35.5 Å². The van der Waals surface area contributed by atoms with Crippen LogP contribution in [-0.4, -0.2) is 23.2 Å². The Bertz CT molecular complexity index is 1060. The van der Waals surface area contributed by atoms with Crippen molar-refractivity contribution in [1.82, 2.24) is 15.5 Å². The summed E-state index contributed by atoms with van der Waals surface area (Å²) in [5.41, 5.74) is 3.10. The maximum Gasteiger partial charge on any atom is 0.273 e. The number of hydrogen-bond acceptors (Lipinski definition) is 4. The Morgan fingerprint density at radius 3 is 2.96 bits per heavy atom. The van der Waals surface area contributed by atoms with Gasteiger partial charge in [-0.25, -0.2) is 0 Å². The molecule has 0 spiro atoms. The van der Waals surface area contributed by atoms with E-state index in [0.717, 1.165) is 22.0 Å². The van der Waals surface area contributed by atoms with Gasteiger partial charge in [0.25, 0.3) is 5.91 Å². The molecule has 0 radical (unpaired) electrons. The van der Waals surface area contributed by atoms with Crippen LogP contribution in [0.25, 0.3) is 22.2 Å². The van der Waals surface area contributed by atoms with E-state index < -0.39 is 0 Å². The standard InChI is InChI=1S/C20H17N3O3/c1-25-15-6-4-5-13(9-15)19-10-18(23-26-19)20(24)22-12-14-11-21-17-8-3-2-7-16(14)17/h2-11,21H,12H2,1H3,(H,22,24). The molecule has 0 aliphatic heterocycles. The summed E-state index contributed by atoms with van der Waals surface area (Å²) < 4.78 is 10.5. The molecule has 26 heavy (non-hydrogen) atoms. The van der Waals surface area contributed by atoms with Gasteiger partial charge in [0.2, 0.25) is 0 Å². The molecule has 0 aliphatic rings. The minimum Gasteiger partial charge on any atom is -0.497 e. The molecule has 0 unspecified atom stereocenters. The first kappa shape index (κ1) is 16.0. The Kier molecular flexibility index (Phi) is 4.15. The number of benzene rings is 2. The van der Waals surface area contributed by atoms with E-state index in [0.29, 0.717) is 18.1 Å². The lowest BCUT2D eigenvalue weighted by Crippen LogP contribution is -2.22. The summed E-state index contributed by atoms with van der Waals surface area (Å²) in [6, 6.07) is 17.0. The van der Waals surface area contributed by atoms with Crippen molar-refractivity contribution < 1.29 is 14.1 Å². The smallest absolute Gasteiger partial charge is 0.273 e. The molecule has 4 aromatic rings. The summed E-state index contributed by atoms with van der Waals surface area (Å²) in [5.74, 6) is 0.943. The molecular weight excluding hydrogens is 330 g/mol. The largest absolute Gasteiger partial charge is 0.497 e. The average molecular weight is 347 g/mol. The number of aromatic amines is 1. The van der Waals surface area contributed by atoms with Crippen LogP contribution in [0, 0.1) is 0 Å². The zero-order valence-electron chi connectivity index (χ0n) is 14.2. The summed E-state index contributed by atoms with van der Waals surface area (Å²) in [6.07, 6.45) is 1.90. The van der Waals surface area contributed by atoms with Crippen molar-refractivity contribution in [3.8, 4) is 17.1 Å². The number of para-hydroxylation sites is 1. The van der Waals surface area contributed by atoms with Crippen LogP contribution in [-0.2, 0) is 6.54 Å². The van der Waals surface area contributed by atoms with Gasteiger partial charge in [-0.3, -0.25) is 4.79 Å². The second-order valence-corrected chi connectivity index (χ2v) is 5.85. The molecular formula is C20H17N3O3. The normalized spacial score (nSPS) is 10.8. The third-order valence-electron chi connectivity index (χ3n) is 4.21. The molecule has 0 saturated heterocycles. The summed E-state index contributed by atoms with van der Waals surface area (Å²) in [5, 5.41) is 7.84. The fourth-order valence-corrected chi connectivity index (χ4v) is 2.84. The van der Waals surface area contributed by atoms with Crippen LogP contribution in [0.1, 0.15) is 16.1 Å². The maximum atomic E-state index is 12.4. The van der Waals surface area contributed by atoms with Crippen molar-refractivity contribution in [3.05, 3.63) is 72.1 Å². The number of H-pyrrole nitrogens is 1. The van der Waals surface area contributed by atoms with Gasteiger partial charge in [-0.05, 0) is 23.8 Å². The van der Waals surface area contributed by atoms with Crippen LogP contribution in [0.5, 0.6) is 5.75 Å². The molecule has 6 nitrogen and oxygen atoms in total. The third-order valence-corrected chi connectivity index (χ3v) is 4.21. The van der Waals surface area contributed by atoms with Crippen LogP contribution in [0.2, 0.25) is 0 Å². The molecule has 2 aromatic carbocycles. The topological polar surface area (TPSA) is 80.1 Å². The van der Waals surface area contributed by atoms with Gasteiger partial charge < -0.3 is 19.6 Å². The van der Waals surface area contributed by atoms with Crippen LogP contribution < -0.4 is 10.1 Å². The van der Waals surface area contributed by atoms with Crippen molar-refractivity contribution >= 4 is 16.8 Å². The monoisotopic (exact) mass is 347 g/mol. The Labute approximate surface area is 149 Å². The first-order valence-electron chi connectivity index (χ1n) is 8.19. The molecule has 0 saturated carbocycles. The SMILES string of the molecule is COc1cccc(-c2cc(C(=O)NCc3c[nH]c4ccccc34)no2)c1. The number of methoxy groups -OCH3 is 1. The van der Waals surface area contributed by atoms with Crippen molar-refractivity contribution in [2.75, 3.05) is 7.11 Å². The highest BCUT2D eigenvalue weighted by Gasteiger charge is 2.14. The number of hydrogen-bond donors (Lipinski definition) is 2. The van der Waals surface area contributed by atoms with E-state index in [4.69, 9.17) is 9.26 Å². The number of nitrogens with zero attached hydrogens (tertiary/aromatic N) is 1. The number of rotatable bonds is 5. The molecule has 2 N–H and O–H groups in total. The van der Waals surface area contributed by atoms with Crippen LogP contribution in [0.15, 0.2) is 65.3 Å². The van der Waals surface area contributed by atoms with Crippen molar-refractivity contribution in [2.24, 2.45) is 0 Å². The summed E-state index contributed by atoms with van der Waals surface area (Å²) in [6.45, 7) is 0.407. The first-order chi connectivity index (χ1) is 12.7. The van der Waals surface area contributed by atoms with Crippen molar-refractivity contribution in [3.63, 3.8) is 0 Å². The number of carbonyl (C=O) groups is 1. The van der Waals surface area contributed by atoms with E-state index in [2.05, 4.69) is 15.5 Å². The highest BCUT2D eigenvalue weighted by molar-refractivity contribution is 5.93. The molecule has 0 atom stereocenters. The number of amides is 1. The molecule has 0 aliphatic carbocycles. The number of fused-ring (bicyclic) bond motifs is 1. The predicted molar refractivity (Wildman–Crippen MR) is 98.0 cm³/mol. The lowest BCUT2D eigenvalue weighted by molar-refractivity contribution is 0.0942.